The number of hydrogen-bond donors (Lipinski definition) is 1. The van der Waals surface area contributed by atoms with Gasteiger partial charge in [-0.05, 0) is 44.7 Å². The smallest absolute Gasteiger partial charge is 0.162 e. The molecule has 1 aromatic carbocycles. The molecule has 2 atom stereocenters. The fourth-order valence-corrected chi connectivity index (χ4v) is 2.86. The largest absolute Gasteiger partial charge is 0.493 e. The first-order valence-corrected chi connectivity index (χ1v) is 7.64. The van der Waals surface area contributed by atoms with E-state index in [1.54, 1.807) is 14.2 Å². The van der Waals surface area contributed by atoms with Crippen LogP contribution in [0, 0.1) is 6.92 Å². The lowest BCUT2D eigenvalue weighted by Gasteiger charge is -2.38. The molecule has 0 bridgehead atoms. The summed E-state index contributed by atoms with van der Waals surface area (Å²) in [6.45, 7) is 7.28. The van der Waals surface area contributed by atoms with Crippen molar-refractivity contribution in [3.05, 3.63) is 17.7 Å². The van der Waals surface area contributed by atoms with E-state index in [1.807, 2.05) is 12.1 Å². The Bertz CT molecular complexity index is 489. The molecule has 4 nitrogen and oxygen atoms in total. The van der Waals surface area contributed by atoms with Crippen molar-refractivity contribution >= 4 is 5.69 Å². The Labute approximate surface area is 127 Å². The highest BCUT2D eigenvalue weighted by Gasteiger charge is 2.31. The van der Waals surface area contributed by atoms with Crippen LogP contribution in [0.15, 0.2) is 12.1 Å². The van der Waals surface area contributed by atoms with Gasteiger partial charge in [0.05, 0.1) is 19.8 Å². The van der Waals surface area contributed by atoms with Crippen molar-refractivity contribution in [1.29, 1.82) is 0 Å². The normalized spacial score (nSPS) is 25.5. The number of methoxy groups -OCH3 is 2. The molecule has 118 valence electrons. The molecule has 0 aliphatic carbocycles. The van der Waals surface area contributed by atoms with Crippen molar-refractivity contribution in [2.75, 3.05) is 26.1 Å². The monoisotopic (exact) mass is 293 g/mol. The SMILES string of the molecule is CCC1(C)CC(Nc2cc(OC)c(OC)cc2C)CCO1. The van der Waals surface area contributed by atoms with E-state index in [9.17, 15) is 0 Å². The minimum Gasteiger partial charge on any atom is -0.493 e. The summed E-state index contributed by atoms with van der Waals surface area (Å²) in [4.78, 5) is 0. The molecule has 0 aromatic heterocycles. The molecular formula is C17H27NO3. The molecule has 1 heterocycles. The summed E-state index contributed by atoms with van der Waals surface area (Å²) >= 11 is 0. The maximum absolute atomic E-state index is 5.91. The van der Waals surface area contributed by atoms with Gasteiger partial charge in [0.1, 0.15) is 0 Å². The summed E-state index contributed by atoms with van der Waals surface area (Å²) in [5, 5.41) is 3.65. The van der Waals surface area contributed by atoms with Crippen LogP contribution >= 0.6 is 0 Å². The molecule has 0 radical (unpaired) electrons. The van der Waals surface area contributed by atoms with Gasteiger partial charge in [-0.25, -0.2) is 0 Å². The maximum atomic E-state index is 5.91. The van der Waals surface area contributed by atoms with Crippen LogP contribution in [-0.2, 0) is 4.74 Å². The summed E-state index contributed by atoms with van der Waals surface area (Å²) in [6, 6.07) is 4.47. The molecule has 4 heteroatoms. The minimum absolute atomic E-state index is 0.0135. The van der Waals surface area contributed by atoms with Crippen LogP contribution in [0.2, 0.25) is 0 Å². The molecule has 21 heavy (non-hydrogen) atoms. The average molecular weight is 293 g/mol. The fraction of sp³-hybridized carbons (Fsp3) is 0.647. The lowest BCUT2D eigenvalue weighted by Crippen LogP contribution is -2.41. The van der Waals surface area contributed by atoms with E-state index in [4.69, 9.17) is 14.2 Å². The predicted octanol–water partition coefficient (Wildman–Crippen LogP) is 3.77. The van der Waals surface area contributed by atoms with Gasteiger partial charge in [-0.3, -0.25) is 0 Å². The Kier molecular flexibility index (Phi) is 4.99. The van der Waals surface area contributed by atoms with Crippen LogP contribution in [-0.4, -0.2) is 32.5 Å². The highest BCUT2D eigenvalue weighted by atomic mass is 16.5. The summed E-state index contributed by atoms with van der Waals surface area (Å²) in [5.74, 6) is 1.53. The maximum Gasteiger partial charge on any atom is 0.162 e. The molecule has 1 aromatic rings. The van der Waals surface area contributed by atoms with Gasteiger partial charge in [-0.15, -0.1) is 0 Å². The van der Waals surface area contributed by atoms with Crippen molar-refractivity contribution in [1.82, 2.24) is 0 Å². The summed E-state index contributed by atoms with van der Waals surface area (Å²) in [6.07, 6.45) is 3.09. The van der Waals surface area contributed by atoms with Gasteiger partial charge in [0.25, 0.3) is 0 Å². The van der Waals surface area contributed by atoms with E-state index in [0.29, 0.717) is 6.04 Å². The molecule has 0 spiro atoms. The van der Waals surface area contributed by atoms with Gasteiger partial charge in [-0.1, -0.05) is 6.92 Å². The van der Waals surface area contributed by atoms with Gasteiger partial charge < -0.3 is 19.5 Å². The van der Waals surface area contributed by atoms with Gasteiger partial charge in [-0.2, -0.15) is 0 Å². The van der Waals surface area contributed by atoms with Crippen LogP contribution in [0.5, 0.6) is 11.5 Å². The lowest BCUT2D eigenvalue weighted by molar-refractivity contribution is -0.0708. The van der Waals surface area contributed by atoms with E-state index in [-0.39, 0.29) is 5.60 Å². The van der Waals surface area contributed by atoms with Crippen LogP contribution < -0.4 is 14.8 Å². The van der Waals surface area contributed by atoms with Crippen molar-refractivity contribution in [3.63, 3.8) is 0 Å². The third-order valence-corrected chi connectivity index (χ3v) is 4.43. The highest BCUT2D eigenvalue weighted by Crippen LogP contribution is 2.35. The number of anilines is 1. The topological polar surface area (TPSA) is 39.7 Å². The third kappa shape index (κ3) is 3.62. The highest BCUT2D eigenvalue weighted by molar-refractivity contribution is 5.60. The number of aryl methyl sites for hydroxylation is 1. The number of benzene rings is 1. The van der Waals surface area contributed by atoms with E-state index in [0.717, 1.165) is 48.6 Å². The number of rotatable bonds is 5. The van der Waals surface area contributed by atoms with E-state index < -0.39 is 0 Å². The van der Waals surface area contributed by atoms with Crippen molar-refractivity contribution in [2.45, 2.75) is 51.7 Å². The quantitative estimate of drug-likeness (QED) is 0.897. The Hall–Kier alpha value is -1.42. The first-order valence-electron chi connectivity index (χ1n) is 7.64. The second-order valence-corrected chi connectivity index (χ2v) is 6.01. The Morgan fingerprint density at radius 2 is 1.95 bits per heavy atom. The van der Waals surface area contributed by atoms with Crippen molar-refractivity contribution < 1.29 is 14.2 Å². The molecule has 1 fully saturated rings. The molecule has 2 unspecified atom stereocenters. The van der Waals surface area contributed by atoms with E-state index in [1.165, 1.54) is 0 Å². The van der Waals surface area contributed by atoms with Gasteiger partial charge >= 0.3 is 0 Å². The average Bonchev–Trinajstić information content (AvgIpc) is 2.49. The zero-order chi connectivity index (χ0) is 15.5. The van der Waals surface area contributed by atoms with Gasteiger partial charge in [0, 0.05) is 24.4 Å². The van der Waals surface area contributed by atoms with Gasteiger partial charge in [0.15, 0.2) is 11.5 Å². The third-order valence-electron chi connectivity index (χ3n) is 4.43. The number of ether oxygens (including phenoxy) is 3. The molecule has 1 aliphatic heterocycles. The number of hydrogen-bond acceptors (Lipinski definition) is 4. The lowest BCUT2D eigenvalue weighted by atomic mass is 9.89. The standard InChI is InChI=1S/C17H27NO3/c1-6-17(3)11-13(7-8-21-17)18-14-10-16(20-5)15(19-4)9-12(14)2/h9-10,13,18H,6-8,11H2,1-5H3. The molecule has 1 aliphatic rings. The van der Waals surface area contributed by atoms with Crippen LogP contribution in [0.25, 0.3) is 0 Å². The molecule has 2 rings (SSSR count). The summed E-state index contributed by atoms with van der Waals surface area (Å²) < 4.78 is 16.6. The Morgan fingerprint density at radius 1 is 1.29 bits per heavy atom. The fourth-order valence-electron chi connectivity index (χ4n) is 2.86. The predicted molar refractivity (Wildman–Crippen MR) is 85.6 cm³/mol. The van der Waals surface area contributed by atoms with Crippen molar-refractivity contribution in [2.24, 2.45) is 0 Å². The molecule has 1 saturated heterocycles. The molecular weight excluding hydrogens is 266 g/mol. The zero-order valence-electron chi connectivity index (χ0n) is 13.8. The Balaban J connectivity index is 2.15. The second kappa shape index (κ2) is 6.56. The van der Waals surface area contributed by atoms with Crippen LogP contribution in [0.1, 0.15) is 38.7 Å². The molecule has 1 N–H and O–H groups in total. The number of nitrogens with one attached hydrogen (secondary N) is 1. The van der Waals surface area contributed by atoms with Gasteiger partial charge in [0.2, 0.25) is 0 Å². The second-order valence-electron chi connectivity index (χ2n) is 6.01. The first kappa shape index (κ1) is 16.0. The Morgan fingerprint density at radius 3 is 2.57 bits per heavy atom. The first-order chi connectivity index (χ1) is 10.0. The van der Waals surface area contributed by atoms with Crippen LogP contribution in [0.4, 0.5) is 5.69 Å². The molecule has 0 amide bonds. The zero-order valence-corrected chi connectivity index (χ0v) is 13.8. The van der Waals surface area contributed by atoms with E-state index >= 15 is 0 Å². The van der Waals surface area contributed by atoms with Crippen LogP contribution in [0.3, 0.4) is 0 Å². The summed E-state index contributed by atoms with van der Waals surface area (Å²) in [5.41, 5.74) is 2.26. The van der Waals surface area contributed by atoms with E-state index in [2.05, 4.69) is 26.1 Å². The van der Waals surface area contributed by atoms with Crippen molar-refractivity contribution in [3.8, 4) is 11.5 Å². The minimum atomic E-state index is -0.0135. The summed E-state index contributed by atoms with van der Waals surface area (Å²) in [7, 11) is 3.33. The molecule has 0 saturated carbocycles.